The van der Waals surface area contributed by atoms with E-state index in [0.29, 0.717) is 19.1 Å². The highest BCUT2D eigenvalue weighted by Crippen LogP contribution is 2.18. The Morgan fingerprint density at radius 1 is 1.53 bits per heavy atom. The van der Waals surface area contributed by atoms with E-state index < -0.39 is 5.97 Å². The number of carbonyl (C=O) groups excluding carboxylic acids is 1. The molecule has 0 spiro atoms. The molecule has 0 atom stereocenters. The number of hydrogen-bond donors (Lipinski definition) is 3. The van der Waals surface area contributed by atoms with Crippen LogP contribution in [-0.4, -0.2) is 44.7 Å². The van der Waals surface area contributed by atoms with Gasteiger partial charge in [-0.25, -0.2) is 14.3 Å². The second-order valence-electron chi connectivity index (χ2n) is 3.85. The molecule has 0 radical (unpaired) electrons. The van der Waals surface area contributed by atoms with Crippen LogP contribution in [0.15, 0.2) is 6.20 Å². The molecular formula is C9H13N5O3. The van der Waals surface area contributed by atoms with E-state index in [2.05, 4.69) is 20.9 Å². The van der Waals surface area contributed by atoms with Crippen LogP contribution in [0.4, 0.5) is 4.79 Å². The smallest absolute Gasteiger partial charge is 0.358 e. The molecule has 1 aliphatic carbocycles. The molecule has 1 aromatic heterocycles. The molecule has 17 heavy (non-hydrogen) atoms. The average Bonchev–Trinajstić information content (AvgIpc) is 2.94. The Labute approximate surface area is 97.0 Å². The molecule has 0 aliphatic heterocycles. The Hall–Kier alpha value is -2.12. The third-order valence-corrected chi connectivity index (χ3v) is 2.30. The molecule has 1 aliphatic rings. The summed E-state index contributed by atoms with van der Waals surface area (Å²) in [5.41, 5.74) is -0.104. The molecule has 0 aromatic carbocycles. The van der Waals surface area contributed by atoms with Crippen molar-refractivity contribution >= 4 is 12.0 Å². The summed E-state index contributed by atoms with van der Waals surface area (Å²) in [7, 11) is 0. The van der Waals surface area contributed by atoms with Crippen LogP contribution in [0.3, 0.4) is 0 Å². The maximum absolute atomic E-state index is 11.2. The van der Waals surface area contributed by atoms with Gasteiger partial charge in [-0.05, 0) is 12.8 Å². The van der Waals surface area contributed by atoms with Gasteiger partial charge in [-0.15, -0.1) is 5.10 Å². The van der Waals surface area contributed by atoms with Crippen LogP contribution in [0.1, 0.15) is 23.3 Å². The number of aromatic nitrogens is 3. The predicted molar refractivity (Wildman–Crippen MR) is 56.5 cm³/mol. The summed E-state index contributed by atoms with van der Waals surface area (Å²) in [6.45, 7) is 0.763. The standard InChI is InChI=1S/C9H13N5O3/c15-8(16)7-5-14(13-12-7)4-3-10-9(17)11-6-1-2-6/h5-6H,1-4H2,(H,15,16)(H2,10,11,17). The van der Waals surface area contributed by atoms with Crippen molar-refractivity contribution in [2.75, 3.05) is 6.54 Å². The average molecular weight is 239 g/mol. The molecule has 3 N–H and O–H groups in total. The van der Waals surface area contributed by atoms with Crippen molar-refractivity contribution in [3.8, 4) is 0 Å². The van der Waals surface area contributed by atoms with Crippen molar-refractivity contribution in [1.29, 1.82) is 0 Å². The largest absolute Gasteiger partial charge is 0.476 e. The highest BCUT2D eigenvalue weighted by Gasteiger charge is 2.22. The van der Waals surface area contributed by atoms with Crippen LogP contribution in [0.25, 0.3) is 0 Å². The van der Waals surface area contributed by atoms with Crippen molar-refractivity contribution in [3.63, 3.8) is 0 Å². The fraction of sp³-hybridized carbons (Fsp3) is 0.556. The van der Waals surface area contributed by atoms with Crippen molar-refractivity contribution < 1.29 is 14.7 Å². The van der Waals surface area contributed by atoms with E-state index in [1.54, 1.807) is 0 Å². The molecule has 1 heterocycles. The molecule has 1 aromatic rings. The quantitative estimate of drug-likeness (QED) is 0.638. The maximum Gasteiger partial charge on any atom is 0.358 e. The molecule has 1 saturated carbocycles. The van der Waals surface area contributed by atoms with Gasteiger partial charge < -0.3 is 15.7 Å². The Morgan fingerprint density at radius 3 is 2.88 bits per heavy atom. The molecule has 0 bridgehead atoms. The summed E-state index contributed by atoms with van der Waals surface area (Å²) in [5, 5.41) is 21.1. The van der Waals surface area contributed by atoms with Gasteiger partial charge in [0.15, 0.2) is 5.69 Å². The molecule has 0 saturated heterocycles. The SMILES string of the molecule is O=C(NCCn1cc(C(=O)O)nn1)NC1CC1. The van der Waals surface area contributed by atoms with Gasteiger partial charge in [0, 0.05) is 12.6 Å². The van der Waals surface area contributed by atoms with Crippen LogP contribution in [0.2, 0.25) is 0 Å². The van der Waals surface area contributed by atoms with Crippen LogP contribution in [0, 0.1) is 0 Å². The third kappa shape index (κ3) is 3.44. The summed E-state index contributed by atoms with van der Waals surface area (Å²) >= 11 is 0. The lowest BCUT2D eigenvalue weighted by Crippen LogP contribution is -2.38. The number of carbonyl (C=O) groups is 2. The molecule has 0 unspecified atom stereocenters. The van der Waals surface area contributed by atoms with Crippen molar-refractivity contribution in [3.05, 3.63) is 11.9 Å². The van der Waals surface area contributed by atoms with E-state index in [1.165, 1.54) is 10.9 Å². The number of aromatic carboxylic acids is 1. The molecule has 92 valence electrons. The first-order chi connectivity index (χ1) is 8.15. The summed E-state index contributed by atoms with van der Waals surface area (Å²) in [5.74, 6) is -1.12. The zero-order valence-electron chi connectivity index (χ0n) is 9.09. The van der Waals surface area contributed by atoms with Crippen LogP contribution < -0.4 is 10.6 Å². The van der Waals surface area contributed by atoms with Crippen molar-refractivity contribution in [2.24, 2.45) is 0 Å². The van der Waals surface area contributed by atoms with E-state index in [-0.39, 0.29) is 11.7 Å². The van der Waals surface area contributed by atoms with E-state index >= 15 is 0 Å². The Bertz CT molecular complexity index is 426. The van der Waals surface area contributed by atoms with E-state index in [1.807, 2.05) is 0 Å². The van der Waals surface area contributed by atoms with E-state index in [4.69, 9.17) is 5.11 Å². The lowest BCUT2D eigenvalue weighted by atomic mass is 10.5. The number of amides is 2. The minimum Gasteiger partial charge on any atom is -0.476 e. The summed E-state index contributed by atoms with van der Waals surface area (Å²) < 4.78 is 1.38. The van der Waals surface area contributed by atoms with Gasteiger partial charge in [0.25, 0.3) is 0 Å². The number of carboxylic acid groups (broad SMARTS) is 1. The fourth-order valence-corrected chi connectivity index (χ4v) is 1.25. The lowest BCUT2D eigenvalue weighted by Gasteiger charge is -2.05. The highest BCUT2D eigenvalue weighted by atomic mass is 16.4. The molecule has 1 fully saturated rings. The van der Waals surface area contributed by atoms with Gasteiger partial charge in [0.2, 0.25) is 0 Å². The molecule has 8 nitrogen and oxygen atoms in total. The first-order valence-electron chi connectivity index (χ1n) is 5.33. The summed E-state index contributed by atoms with van der Waals surface area (Å²) in [4.78, 5) is 21.8. The van der Waals surface area contributed by atoms with Gasteiger partial charge in [-0.1, -0.05) is 5.21 Å². The molecule has 8 heteroatoms. The first kappa shape index (κ1) is 11.4. The van der Waals surface area contributed by atoms with Gasteiger partial charge >= 0.3 is 12.0 Å². The number of rotatable bonds is 5. The zero-order valence-corrected chi connectivity index (χ0v) is 9.09. The topological polar surface area (TPSA) is 109 Å². The fourth-order valence-electron chi connectivity index (χ4n) is 1.25. The minimum absolute atomic E-state index is 0.104. The molecular weight excluding hydrogens is 226 g/mol. The van der Waals surface area contributed by atoms with Gasteiger partial charge in [-0.2, -0.15) is 0 Å². The molecule has 2 amide bonds. The van der Waals surface area contributed by atoms with Crippen molar-refractivity contribution in [2.45, 2.75) is 25.4 Å². The minimum atomic E-state index is -1.12. The first-order valence-corrected chi connectivity index (χ1v) is 5.33. The van der Waals surface area contributed by atoms with Crippen LogP contribution in [-0.2, 0) is 6.54 Å². The van der Waals surface area contributed by atoms with Gasteiger partial charge in [-0.3, -0.25) is 0 Å². The number of carboxylic acids is 1. The van der Waals surface area contributed by atoms with Crippen LogP contribution in [0.5, 0.6) is 0 Å². The molecule has 2 rings (SSSR count). The second kappa shape index (κ2) is 4.81. The number of urea groups is 1. The second-order valence-corrected chi connectivity index (χ2v) is 3.85. The monoisotopic (exact) mass is 239 g/mol. The number of hydrogen-bond acceptors (Lipinski definition) is 4. The van der Waals surface area contributed by atoms with Crippen LogP contribution >= 0.6 is 0 Å². The Kier molecular flexibility index (Phi) is 3.22. The normalized spacial score (nSPS) is 14.4. The summed E-state index contributed by atoms with van der Waals surface area (Å²) in [6.07, 6.45) is 3.40. The number of nitrogens with zero attached hydrogens (tertiary/aromatic N) is 3. The summed E-state index contributed by atoms with van der Waals surface area (Å²) in [6, 6.07) is 0.117. The Morgan fingerprint density at radius 2 is 2.29 bits per heavy atom. The van der Waals surface area contributed by atoms with Gasteiger partial charge in [0.05, 0.1) is 12.7 Å². The zero-order chi connectivity index (χ0) is 12.3. The predicted octanol–water partition coefficient (Wildman–Crippen LogP) is -0.562. The van der Waals surface area contributed by atoms with E-state index in [9.17, 15) is 9.59 Å². The highest BCUT2D eigenvalue weighted by molar-refractivity contribution is 5.84. The third-order valence-electron chi connectivity index (χ3n) is 2.30. The Balaban J connectivity index is 1.69. The maximum atomic E-state index is 11.2. The van der Waals surface area contributed by atoms with Gasteiger partial charge in [0.1, 0.15) is 0 Å². The number of nitrogens with one attached hydrogen (secondary N) is 2. The van der Waals surface area contributed by atoms with Crippen molar-refractivity contribution in [1.82, 2.24) is 25.6 Å². The van der Waals surface area contributed by atoms with E-state index in [0.717, 1.165) is 12.8 Å². The lowest BCUT2D eigenvalue weighted by molar-refractivity contribution is 0.0690.